The van der Waals surface area contributed by atoms with E-state index in [2.05, 4.69) is 0 Å². The van der Waals surface area contributed by atoms with Crippen molar-refractivity contribution in [1.82, 2.24) is 9.47 Å². The van der Waals surface area contributed by atoms with Crippen LogP contribution < -0.4 is 29.1 Å². The number of aromatic nitrogens is 1. The molecule has 43 heavy (non-hydrogen) atoms. The van der Waals surface area contributed by atoms with Crippen LogP contribution in [0.3, 0.4) is 0 Å². The molecule has 0 N–H and O–H groups in total. The second-order valence-electron chi connectivity index (χ2n) is 10.2. The molecule has 0 unspecified atom stereocenters. The number of rotatable bonds is 8. The average molecular weight is 616 g/mol. The lowest BCUT2D eigenvalue weighted by Gasteiger charge is -2.29. The van der Waals surface area contributed by atoms with Gasteiger partial charge in [0.2, 0.25) is 6.79 Å². The van der Waals surface area contributed by atoms with Crippen LogP contribution in [0, 0.1) is 0 Å². The molecule has 10 heteroatoms. The van der Waals surface area contributed by atoms with Gasteiger partial charge in [-0.05, 0) is 79.9 Å². The van der Waals surface area contributed by atoms with E-state index in [1.54, 1.807) is 21.6 Å². The smallest absolute Gasteiger partial charge is 0.271 e. The largest absolute Gasteiger partial charge is 0.489 e. The number of carbonyl (C=O) groups excluding carboxylic acids is 1. The standard InChI is InChI=1S/C33H30ClN3O5S/c1-4-36(5-2)32(39)29-20(3)35-33-37(30(29)23-9-11-24(34)12-10-23)31(38)28(43-33)17-21-6-13-25(14-7-21)40-18-22-8-15-26-27(16-22)42-19-41-26/h6-17,30H,4-5,18-19H2,1-3H3/b28-17+/t30-/m0/s1. The fourth-order valence-corrected chi connectivity index (χ4v) is 6.42. The summed E-state index contributed by atoms with van der Waals surface area (Å²) in [7, 11) is 0. The lowest BCUT2D eigenvalue weighted by Crippen LogP contribution is -2.43. The Bertz CT molecular complexity index is 1890. The summed E-state index contributed by atoms with van der Waals surface area (Å²) in [6, 6.07) is 20.0. The molecule has 8 nitrogen and oxygen atoms in total. The maximum atomic E-state index is 13.9. The number of hydrogen-bond donors (Lipinski definition) is 0. The number of ether oxygens (including phenoxy) is 3. The minimum Gasteiger partial charge on any atom is -0.489 e. The van der Waals surface area contributed by atoms with Gasteiger partial charge in [0.1, 0.15) is 12.4 Å². The van der Waals surface area contributed by atoms with Crippen molar-refractivity contribution in [3.8, 4) is 17.2 Å². The molecule has 1 aromatic heterocycles. The lowest BCUT2D eigenvalue weighted by atomic mass is 9.94. The molecule has 3 heterocycles. The number of nitrogens with zero attached hydrogens (tertiary/aromatic N) is 3. The molecular weight excluding hydrogens is 586 g/mol. The van der Waals surface area contributed by atoms with Crippen LogP contribution in [0.25, 0.3) is 6.08 Å². The number of hydrogen-bond acceptors (Lipinski definition) is 7. The molecule has 0 aliphatic carbocycles. The minimum atomic E-state index is -0.615. The highest BCUT2D eigenvalue weighted by molar-refractivity contribution is 7.07. The summed E-state index contributed by atoms with van der Waals surface area (Å²) in [6.45, 7) is 7.44. The van der Waals surface area contributed by atoms with Gasteiger partial charge in [0.05, 0.1) is 21.8 Å². The Kier molecular flexibility index (Phi) is 8.10. The van der Waals surface area contributed by atoms with E-state index in [-0.39, 0.29) is 18.3 Å². The van der Waals surface area contributed by atoms with E-state index in [1.165, 1.54) is 11.3 Å². The van der Waals surface area contributed by atoms with Crippen molar-refractivity contribution in [2.75, 3.05) is 19.9 Å². The highest BCUT2D eigenvalue weighted by Crippen LogP contribution is 2.33. The van der Waals surface area contributed by atoms with E-state index in [1.807, 2.05) is 81.4 Å². The zero-order valence-electron chi connectivity index (χ0n) is 24.0. The Balaban J connectivity index is 1.31. The fourth-order valence-electron chi connectivity index (χ4n) is 5.25. The maximum absolute atomic E-state index is 13.9. The van der Waals surface area contributed by atoms with Gasteiger partial charge in [-0.25, -0.2) is 4.99 Å². The summed E-state index contributed by atoms with van der Waals surface area (Å²) in [5, 5.41) is 0.580. The molecule has 4 aromatic rings. The molecule has 1 amide bonds. The van der Waals surface area contributed by atoms with Crippen molar-refractivity contribution in [3.05, 3.63) is 119 Å². The van der Waals surface area contributed by atoms with Crippen molar-refractivity contribution in [1.29, 1.82) is 0 Å². The zero-order valence-corrected chi connectivity index (χ0v) is 25.6. The van der Waals surface area contributed by atoms with Crippen LogP contribution in [0.2, 0.25) is 5.02 Å². The van der Waals surface area contributed by atoms with E-state index in [0.717, 1.165) is 28.2 Å². The van der Waals surface area contributed by atoms with E-state index in [9.17, 15) is 9.59 Å². The summed E-state index contributed by atoms with van der Waals surface area (Å²) in [6.07, 6.45) is 1.84. The first-order chi connectivity index (χ1) is 20.9. The van der Waals surface area contributed by atoms with E-state index in [0.29, 0.717) is 51.1 Å². The molecule has 2 aliphatic rings. The van der Waals surface area contributed by atoms with Crippen molar-refractivity contribution in [2.24, 2.45) is 4.99 Å². The van der Waals surface area contributed by atoms with Gasteiger partial charge in [0, 0.05) is 18.1 Å². The van der Waals surface area contributed by atoms with Gasteiger partial charge in [0.15, 0.2) is 16.3 Å². The number of carbonyl (C=O) groups is 1. The molecule has 2 aliphatic heterocycles. The third-order valence-corrected chi connectivity index (χ3v) is 8.74. The van der Waals surface area contributed by atoms with Crippen molar-refractivity contribution >= 4 is 34.9 Å². The van der Waals surface area contributed by atoms with Crippen LogP contribution in [0.4, 0.5) is 0 Å². The molecule has 1 atom stereocenters. The first-order valence-electron chi connectivity index (χ1n) is 14.0. The first-order valence-corrected chi connectivity index (χ1v) is 15.2. The van der Waals surface area contributed by atoms with Gasteiger partial charge >= 0.3 is 0 Å². The van der Waals surface area contributed by atoms with Crippen molar-refractivity contribution in [2.45, 2.75) is 33.4 Å². The summed E-state index contributed by atoms with van der Waals surface area (Å²) >= 11 is 7.49. The second kappa shape index (κ2) is 12.1. The van der Waals surface area contributed by atoms with Gasteiger partial charge in [-0.15, -0.1) is 0 Å². The molecule has 6 rings (SSSR count). The summed E-state index contributed by atoms with van der Waals surface area (Å²) < 4.78 is 18.9. The number of fused-ring (bicyclic) bond motifs is 2. The van der Waals surface area contributed by atoms with E-state index < -0.39 is 6.04 Å². The Morgan fingerprint density at radius 1 is 1.07 bits per heavy atom. The zero-order chi connectivity index (χ0) is 30.1. The van der Waals surface area contributed by atoms with Crippen LogP contribution in [0.1, 0.15) is 43.5 Å². The average Bonchev–Trinajstić information content (AvgIpc) is 3.60. The normalized spacial score (nSPS) is 15.7. The quantitative estimate of drug-likeness (QED) is 0.277. The molecule has 0 saturated carbocycles. The number of thiazole rings is 1. The Hall–Kier alpha value is -4.34. The summed E-state index contributed by atoms with van der Waals surface area (Å²) in [4.78, 5) is 34.7. The SMILES string of the molecule is CCN(CC)C(=O)C1=C(C)N=c2s/c(=C/c3ccc(OCc4ccc5c(c4)OCO5)cc3)c(=O)n2[C@H]1c1ccc(Cl)cc1. The van der Waals surface area contributed by atoms with E-state index in [4.69, 9.17) is 30.8 Å². The summed E-state index contributed by atoms with van der Waals surface area (Å²) in [5.41, 5.74) is 3.51. The molecule has 0 bridgehead atoms. The lowest BCUT2D eigenvalue weighted by molar-refractivity contribution is -0.127. The van der Waals surface area contributed by atoms with Crippen LogP contribution in [0.5, 0.6) is 17.2 Å². The van der Waals surface area contributed by atoms with Gasteiger partial charge in [-0.1, -0.05) is 53.3 Å². The Morgan fingerprint density at radius 3 is 2.51 bits per heavy atom. The maximum Gasteiger partial charge on any atom is 0.271 e. The topological polar surface area (TPSA) is 82.4 Å². The molecule has 0 radical (unpaired) electrons. The molecule has 220 valence electrons. The van der Waals surface area contributed by atoms with Crippen molar-refractivity contribution < 1.29 is 19.0 Å². The monoisotopic (exact) mass is 615 g/mol. The predicted octanol–water partition coefficient (Wildman–Crippen LogP) is 5.06. The van der Waals surface area contributed by atoms with Crippen molar-refractivity contribution in [3.63, 3.8) is 0 Å². The van der Waals surface area contributed by atoms with E-state index >= 15 is 0 Å². The van der Waals surface area contributed by atoms with Gasteiger partial charge < -0.3 is 19.1 Å². The third-order valence-electron chi connectivity index (χ3n) is 7.51. The first kappa shape index (κ1) is 28.8. The third kappa shape index (κ3) is 5.70. The molecule has 0 spiro atoms. The predicted molar refractivity (Wildman–Crippen MR) is 166 cm³/mol. The minimum absolute atomic E-state index is 0.128. The van der Waals surface area contributed by atoms with Gasteiger partial charge in [-0.3, -0.25) is 14.2 Å². The number of likely N-dealkylation sites (N-methyl/N-ethyl adjacent to an activating group) is 1. The molecule has 0 fully saturated rings. The van der Waals surface area contributed by atoms with Crippen LogP contribution >= 0.6 is 22.9 Å². The van der Waals surface area contributed by atoms with Crippen LogP contribution in [0.15, 0.2) is 87.8 Å². The Morgan fingerprint density at radius 2 is 1.79 bits per heavy atom. The Labute approximate surface area is 257 Å². The molecular formula is C33H30ClN3O5S. The number of benzene rings is 3. The highest BCUT2D eigenvalue weighted by Gasteiger charge is 2.34. The second-order valence-corrected chi connectivity index (χ2v) is 11.6. The van der Waals surface area contributed by atoms with Crippen LogP contribution in [-0.2, 0) is 11.4 Å². The number of halogens is 1. The van der Waals surface area contributed by atoms with Gasteiger partial charge in [0.25, 0.3) is 11.5 Å². The highest BCUT2D eigenvalue weighted by atomic mass is 35.5. The van der Waals surface area contributed by atoms with Crippen LogP contribution in [-0.4, -0.2) is 35.3 Å². The fraction of sp³-hybridized carbons (Fsp3) is 0.242. The number of allylic oxidation sites excluding steroid dienone is 1. The van der Waals surface area contributed by atoms with Gasteiger partial charge in [-0.2, -0.15) is 0 Å². The molecule has 0 saturated heterocycles. The number of amides is 1. The summed E-state index contributed by atoms with van der Waals surface area (Å²) in [5.74, 6) is 2.03. The molecule has 3 aromatic carbocycles.